The number of carbonyl (C=O) groups excluding carboxylic acids is 1. The largest absolute Gasteiger partial charge is 0.350 e. The van der Waals surface area contributed by atoms with Gasteiger partial charge in [-0.2, -0.15) is 5.10 Å². The Labute approximate surface area is 88.6 Å². The van der Waals surface area contributed by atoms with Gasteiger partial charge in [-0.15, -0.1) is 0 Å². The molecule has 1 saturated carbocycles. The van der Waals surface area contributed by atoms with Crippen LogP contribution in [0.2, 0.25) is 0 Å². The summed E-state index contributed by atoms with van der Waals surface area (Å²) in [6.07, 6.45) is 3.36. The summed E-state index contributed by atoms with van der Waals surface area (Å²) in [5, 5.41) is 6.94. The van der Waals surface area contributed by atoms with E-state index in [1.807, 2.05) is 14.0 Å². The maximum Gasteiger partial charge on any atom is 0.240 e. The van der Waals surface area contributed by atoms with E-state index in [2.05, 4.69) is 10.4 Å². The Morgan fingerprint density at radius 3 is 2.87 bits per heavy atom. The van der Waals surface area contributed by atoms with Gasteiger partial charge in [0.05, 0.1) is 11.7 Å². The second-order valence-electron chi connectivity index (χ2n) is 4.22. The van der Waals surface area contributed by atoms with Crippen LogP contribution >= 0.6 is 0 Å². The number of carbonyl (C=O) groups is 1. The molecule has 1 aliphatic rings. The van der Waals surface area contributed by atoms with Crippen LogP contribution in [0.3, 0.4) is 0 Å². The normalized spacial score (nSPS) is 17.5. The van der Waals surface area contributed by atoms with Gasteiger partial charge in [0, 0.05) is 24.8 Å². The summed E-state index contributed by atoms with van der Waals surface area (Å²) in [6.45, 7) is 2.49. The standard InChI is InChI=1S/C10H16N4O/c1-7-8(6-13-14(7)2)5-12-9(15)10(11)3-4-10/h6H,3-5,11H2,1-2H3,(H,12,15). The Balaban J connectivity index is 1.93. The Bertz CT molecular complexity index is 392. The monoisotopic (exact) mass is 208 g/mol. The van der Waals surface area contributed by atoms with E-state index in [1.54, 1.807) is 10.9 Å². The molecular formula is C10H16N4O. The van der Waals surface area contributed by atoms with E-state index < -0.39 is 5.54 Å². The molecule has 0 atom stereocenters. The van der Waals surface area contributed by atoms with Gasteiger partial charge < -0.3 is 11.1 Å². The minimum atomic E-state index is -0.587. The zero-order chi connectivity index (χ0) is 11.1. The Kier molecular flexibility index (Phi) is 2.26. The van der Waals surface area contributed by atoms with Crippen LogP contribution in [0.1, 0.15) is 24.1 Å². The Morgan fingerprint density at radius 1 is 1.73 bits per heavy atom. The molecule has 15 heavy (non-hydrogen) atoms. The Hall–Kier alpha value is -1.36. The van der Waals surface area contributed by atoms with Crippen molar-refractivity contribution >= 4 is 5.91 Å². The van der Waals surface area contributed by atoms with Gasteiger partial charge >= 0.3 is 0 Å². The molecule has 0 radical (unpaired) electrons. The van der Waals surface area contributed by atoms with Crippen molar-refractivity contribution in [2.45, 2.75) is 31.8 Å². The number of hydrogen-bond acceptors (Lipinski definition) is 3. The van der Waals surface area contributed by atoms with Crippen molar-refractivity contribution in [2.24, 2.45) is 12.8 Å². The van der Waals surface area contributed by atoms with Crippen molar-refractivity contribution in [1.29, 1.82) is 0 Å². The lowest BCUT2D eigenvalue weighted by Gasteiger charge is -2.09. The maximum absolute atomic E-state index is 11.6. The second kappa shape index (κ2) is 3.34. The van der Waals surface area contributed by atoms with Crippen LogP contribution in [0.25, 0.3) is 0 Å². The number of aryl methyl sites for hydroxylation is 1. The highest BCUT2D eigenvalue weighted by molar-refractivity contribution is 5.88. The number of rotatable bonds is 3. The first-order valence-corrected chi connectivity index (χ1v) is 5.07. The number of nitrogens with two attached hydrogens (primary N) is 1. The first-order valence-electron chi connectivity index (χ1n) is 5.07. The minimum absolute atomic E-state index is 0.0502. The van der Waals surface area contributed by atoms with Crippen molar-refractivity contribution in [1.82, 2.24) is 15.1 Å². The van der Waals surface area contributed by atoms with Gasteiger partial charge in [-0.3, -0.25) is 9.48 Å². The van der Waals surface area contributed by atoms with Gasteiger partial charge in [-0.1, -0.05) is 0 Å². The third-order valence-electron chi connectivity index (χ3n) is 3.02. The molecule has 1 aliphatic carbocycles. The third kappa shape index (κ3) is 1.87. The topological polar surface area (TPSA) is 72.9 Å². The lowest BCUT2D eigenvalue weighted by molar-refractivity contribution is -0.123. The number of nitrogens with one attached hydrogen (secondary N) is 1. The summed E-state index contributed by atoms with van der Waals surface area (Å²) in [6, 6.07) is 0. The average Bonchev–Trinajstić information content (AvgIpc) is 2.88. The Morgan fingerprint density at radius 2 is 2.40 bits per heavy atom. The van der Waals surface area contributed by atoms with Crippen LogP contribution in [0, 0.1) is 6.92 Å². The summed E-state index contributed by atoms with van der Waals surface area (Å²) < 4.78 is 1.79. The predicted octanol–water partition coefficient (Wildman–Crippen LogP) is -0.164. The average molecular weight is 208 g/mol. The van der Waals surface area contributed by atoms with Gasteiger partial charge in [0.2, 0.25) is 5.91 Å². The fourth-order valence-corrected chi connectivity index (χ4v) is 1.43. The van der Waals surface area contributed by atoms with Crippen molar-refractivity contribution in [3.8, 4) is 0 Å². The van der Waals surface area contributed by atoms with E-state index in [1.165, 1.54) is 0 Å². The highest BCUT2D eigenvalue weighted by Crippen LogP contribution is 2.32. The fraction of sp³-hybridized carbons (Fsp3) is 0.600. The zero-order valence-electron chi connectivity index (χ0n) is 9.08. The van der Waals surface area contributed by atoms with Crippen LogP contribution < -0.4 is 11.1 Å². The number of amides is 1. The maximum atomic E-state index is 11.6. The molecule has 1 heterocycles. The molecule has 5 nitrogen and oxygen atoms in total. The lowest BCUT2D eigenvalue weighted by Crippen LogP contribution is -2.42. The fourth-order valence-electron chi connectivity index (χ4n) is 1.43. The van der Waals surface area contributed by atoms with Crippen LogP contribution in [0.15, 0.2) is 6.20 Å². The first-order chi connectivity index (χ1) is 7.03. The summed E-state index contributed by atoms with van der Waals surface area (Å²) >= 11 is 0. The van der Waals surface area contributed by atoms with Crippen LogP contribution in [-0.2, 0) is 18.4 Å². The first kappa shape index (κ1) is 10.2. The molecule has 82 valence electrons. The third-order valence-corrected chi connectivity index (χ3v) is 3.02. The molecular weight excluding hydrogens is 192 g/mol. The van der Waals surface area contributed by atoms with Crippen LogP contribution in [0.4, 0.5) is 0 Å². The van der Waals surface area contributed by atoms with Gasteiger partial charge in [-0.05, 0) is 19.8 Å². The van der Waals surface area contributed by atoms with Gasteiger partial charge in [0.25, 0.3) is 0 Å². The number of aromatic nitrogens is 2. The van der Waals surface area contributed by atoms with E-state index in [4.69, 9.17) is 5.73 Å². The highest BCUT2D eigenvalue weighted by atomic mass is 16.2. The summed E-state index contributed by atoms with van der Waals surface area (Å²) in [5.74, 6) is -0.0502. The summed E-state index contributed by atoms with van der Waals surface area (Å²) in [5.41, 5.74) is 7.28. The zero-order valence-corrected chi connectivity index (χ0v) is 9.08. The van der Waals surface area contributed by atoms with Gasteiger partial charge in [0.1, 0.15) is 0 Å². The van der Waals surface area contributed by atoms with Crippen molar-refractivity contribution in [2.75, 3.05) is 0 Å². The summed E-state index contributed by atoms with van der Waals surface area (Å²) in [4.78, 5) is 11.6. The molecule has 5 heteroatoms. The second-order valence-corrected chi connectivity index (χ2v) is 4.22. The highest BCUT2D eigenvalue weighted by Gasteiger charge is 2.45. The molecule has 1 amide bonds. The van der Waals surface area contributed by atoms with Crippen molar-refractivity contribution < 1.29 is 4.79 Å². The molecule has 0 aromatic carbocycles. The molecule has 0 unspecified atom stereocenters. The van der Waals surface area contributed by atoms with Gasteiger partial charge in [-0.25, -0.2) is 0 Å². The minimum Gasteiger partial charge on any atom is -0.350 e. The van der Waals surface area contributed by atoms with Crippen LogP contribution in [0.5, 0.6) is 0 Å². The van der Waals surface area contributed by atoms with Crippen molar-refractivity contribution in [3.05, 3.63) is 17.5 Å². The molecule has 0 aliphatic heterocycles. The smallest absolute Gasteiger partial charge is 0.240 e. The molecule has 1 fully saturated rings. The van der Waals surface area contributed by atoms with E-state index >= 15 is 0 Å². The molecule has 1 aromatic rings. The molecule has 0 saturated heterocycles. The number of hydrogen-bond donors (Lipinski definition) is 2. The lowest BCUT2D eigenvalue weighted by atomic mass is 10.2. The molecule has 0 bridgehead atoms. The SMILES string of the molecule is Cc1c(CNC(=O)C2(N)CC2)cnn1C. The van der Waals surface area contributed by atoms with Crippen LogP contribution in [-0.4, -0.2) is 21.2 Å². The molecule has 1 aromatic heterocycles. The summed E-state index contributed by atoms with van der Waals surface area (Å²) in [7, 11) is 1.88. The van der Waals surface area contributed by atoms with Gasteiger partial charge in [0.15, 0.2) is 0 Å². The molecule has 2 rings (SSSR count). The van der Waals surface area contributed by atoms with E-state index in [0.29, 0.717) is 6.54 Å². The van der Waals surface area contributed by atoms with E-state index in [0.717, 1.165) is 24.1 Å². The van der Waals surface area contributed by atoms with E-state index in [-0.39, 0.29) is 5.91 Å². The molecule has 3 N–H and O–H groups in total. The number of nitrogens with zero attached hydrogens (tertiary/aromatic N) is 2. The quantitative estimate of drug-likeness (QED) is 0.724. The predicted molar refractivity (Wildman–Crippen MR) is 55.9 cm³/mol. The van der Waals surface area contributed by atoms with E-state index in [9.17, 15) is 4.79 Å². The molecule has 0 spiro atoms. The van der Waals surface area contributed by atoms with Crippen molar-refractivity contribution in [3.63, 3.8) is 0 Å².